The van der Waals surface area contributed by atoms with Crippen LogP contribution < -0.4 is 11.1 Å². The van der Waals surface area contributed by atoms with Crippen LogP contribution in [0.3, 0.4) is 0 Å². The molecule has 1 amide bonds. The Morgan fingerprint density at radius 2 is 2.24 bits per heavy atom. The highest BCUT2D eigenvalue weighted by Gasteiger charge is 2.20. The standard InChI is InChI=1S/C12H17FN2O2/c1-3-12(2,17)7-15-11(16)8-5-4-6-9(13)10(8)14/h4-6,17H,3,7,14H2,1-2H3,(H,15,16). The average molecular weight is 240 g/mol. The average Bonchev–Trinajstić information content (AvgIpc) is 2.30. The van der Waals surface area contributed by atoms with Crippen molar-refractivity contribution in [3.63, 3.8) is 0 Å². The van der Waals surface area contributed by atoms with Crippen molar-refractivity contribution >= 4 is 11.6 Å². The summed E-state index contributed by atoms with van der Waals surface area (Å²) in [6.45, 7) is 3.52. The monoisotopic (exact) mass is 240 g/mol. The second-order valence-electron chi connectivity index (χ2n) is 4.23. The van der Waals surface area contributed by atoms with Crippen molar-refractivity contribution in [2.45, 2.75) is 25.9 Å². The summed E-state index contributed by atoms with van der Waals surface area (Å²) in [4.78, 5) is 11.7. The van der Waals surface area contributed by atoms with Gasteiger partial charge in [0.1, 0.15) is 5.82 Å². The summed E-state index contributed by atoms with van der Waals surface area (Å²) in [6.07, 6.45) is 0.506. The van der Waals surface area contributed by atoms with Gasteiger partial charge in [-0.2, -0.15) is 0 Å². The number of benzene rings is 1. The molecular formula is C12H17FN2O2. The Morgan fingerprint density at radius 3 is 2.82 bits per heavy atom. The summed E-state index contributed by atoms with van der Waals surface area (Å²) in [5.74, 6) is -1.12. The van der Waals surface area contributed by atoms with E-state index in [2.05, 4.69) is 5.32 Å². The number of halogens is 1. The number of carbonyl (C=O) groups is 1. The van der Waals surface area contributed by atoms with Crippen LogP contribution in [-0.2, 0) is 0 Å². The van der Waals surface area contributed by atoms with Crippen LogP contribution in [0.15, 0.2) is 18.2 Å². The third-order valence-corrected chi connectivity index (χ3v) is 2.69. The van der Waals surface area contributed by atoms with Crippen molar-refractivity contribution in [3.05, 3.63) is 29.6 Å². The van der Waals surface area contributed by atoms with Crippen LogP contribution in [0.4, 0.5) is 10.1 Å². The molecule has 0 aliphatic carbocycles. The van der Waals surface area contributed by atoms with Crippen molar-refractivity contribution in [2.24, 2.45) is 0 Å². The van der Waals surface area contributed by atoms with Crippen molar-refractivity contribution in [2.75, 3.05) is 12.3 Å². The van der Waals surface area contributed by atoms with Crippen molar-refractivity contribution < 1.29 is 14.3 Å². The van der Waals surface area contributed by atoms with Gasteiger partial charge in [0.25, 0.3) is 5.91 Å². The van der Waals surface area contributed by atoms with E-state index in [1.807, 2.05) is 6.92 Å². The molecule has 0 aromatic heterocycles. The van der Waals surface area contributed by atoms with Crippen LogP contribution in [0.5, 0.6) is 0 Å². The van der Waals surface area contributed by atoms with Crippen LogP contribution in [0.2, 0.25) is 0 Å². The molecule has 0 bridgehead atoms. The third-order valence-electron chi connectivity index (χ3n) is 2.69. The highest BCUT2D eigenvalue weighted by atomic mass is 19.1. The Morgan fingerprint density at radius 1 is 1.59 bits per heavy atom. The third kappa shape index (κ3) is 3.42. The molecule has 1 aromatic rings. The van der Waals surface area contributed by atoms with Gasteiger partial charge in [-0.25, -0.2) is 4.39 Å². The molecule has 0 radical (unpaired) electrons. The largest absolute Gasteiger partial charge is 0.396 e. The lowest BCUT2D eigenvalue weighted by Crippen LogP contribution is -2.40. The number of aliphatic hydroxyl groups is 1. The number of nitrogens with two attached hydrogens (primary N) is 1. The maximum Gasteiger partial charge on any atom is 0.253 e. The number of nitrogens with one attached hydrogen (secondary N) is 1. The second-order valence-corrected chi connectivity index (χ2v) is 4.23. The van der Waals surface area contributed by atoms with Crippen molar-refractivity contribution in [1.29, 1.82) is 0 Å². The number of nitrogen functional groups attached to an aromatic ring is 1. The summed E-state index contributed by atoms with van der Waals surface area (Å²) in [5, 5.41) is 12.2. The van der Waals surface area contributed by atoms with Gasteiger partial charge in [-0.15, -0.1) is 0 Å². The fraction of sp³-hybridized carbons (Fsp3) is 0.417. The number of anilines is 1. The van der Waals surface area contributed by atoms with Crippen LogP contribution in [0, 0.1) is 5.82 Å². The topological polar surface area (TPSA) is 75.3 Å². The Labute approximate surface area is 99.6 Å². The lowest BCUT2D eigenvalue weighted by atomic mass is 10.0. The Hall–Kier alpha value is -1.62. The van der Waals surface area contributed by atoms with E-state index in [-0.39, 0.29) is 17.8 Å². The molecule has 0 saturated carbocycles. The molecule has 0 aliphatic heterocycles. The summed E-state index contributed by atoms with van der Waals surface area (Å²) in [5.41, 5.74) is 4.38. The molecule has 4 nitrogen and oxygen atoms in total. The lowest BCUT2D eigenvalue weighted by molar-refractivity contribution is 0.0518. The van der Waals surface area contributed by atoms with Gasteiger partial charge in [0, 0.05) is 6.54 Å². The quantitative estimate of drug-likeness (QED) is 0.694. The molecule has 1 unspecified atom stereocenters. The minimum Gasteiger partial charge on any atom is -0.396 e. The molecule has 1 rings (SSSR count). The van der Waals surface area contributed by atoms with E-state index >= 15 is 0 Å². The zero-order chi connectivity index (χ0) is 13.1. The van der Waals surface area contributed by atoms with Crippen molar-refractivity contribution in [1.82, 2.24) is 5.32 Å². The van der Waals surface area contributed by atoms with Crippen LogP contribution >= 0.6 is 0 Å². The minimum absolute atomic E-state index is 0.0805. The van der Waals surface area contributed by atoms with E-state index in [1.54, 1.807) is 6.92 Å². The molecule has 1 atom stereocenters. The molecule has 0 saturated heterocycles. The molecule has 0 spiro atoms. The molecular weight excluding hydrogens is 223 g/mol. The van der Waals surface area contributed by atoms with Gasteiger partial charge in [0.05, 0.1) is 16.9 Å². The molecule has 17 heavy (non-hydrogen) atoms. The highest BCUT2D eigenvalue weighted by molar-refractivity contribution is 5.99. The predicted octanol–water partition coefficient (Wildman–Crippen LogP) is 1.30. The first-order chi connectivity index (χ1) is 7.87. The molecule has 94 valence electrons. The fourth-order valence-electron chi connectivity index (χ4n) is 1.23. The molecule has 5 heteroatoms. The number of carbonyl (C=O) groups excluding carboxylic acids is 1. The first kappa shape index (κ1) is 13.4. The highest BCUT2D eigenvalue weighted by Crippen LogP contribution is 2.16. The Bertz CT molecular complexity index is 419. The van der Waals surface area contributed by atoms with Gasteiger partial charge in [0.15, 0.2) is 0 Å². The summed E-state index contributed by atoms with van der Waals surface area (Å²) in [7, 11) is 0. The molecule has 0 heterocycles. The summed E-state index contributed by atoms with van der Waals surface area (Å²) in [6, 6.07) is 4.04. The van der Waals surface area contributed by atoms with E-state index < -0.39 is 17.3 Å². The number of rotatable bonds is 4. The van der Waals surface area contributed by atoms with Crippen LogP contribution in [-0.4, -0.2) is 23.2 Å². The van der Waals surface area contributed by atoms with E-state index in [0.29, 0.717) is 6.42 Å². The number of hydrogen-bond donors (Lipinski definition) is 3. The van der Waals surface area contributed by atoms with Gasteiger partial charge in [-0.3, -0.25) is 4.79 Å². The van der Waals surface area contributed by atoms with E-state index in [4.69, 9.17) is 5.73 Å². The van der Waals surface area contributed by atoms with E-state index in [9.17, 15) is 14.3 Å². The first-order valence-electron chi connectivity index (χ1n) is 5.42. The van der Waals surface area contributed by atoms with Crippen LogP contribution in [0.1, 0.15) is 30.6 Å². The normalized spacial score (nSPS) is 14.1. The van der Waals surface area contributed by atoms with Gasteiger partial charge < -0.3 is 16.2 Å². The first-order valence-corrected chi connectivity index (χ1v) is 5.42. The Kier molecular flexibility index (Phi) is 4.07. The molecule has 1 aromatic carbocycles. The van der Waals surface area contributed by atoms with E-state index in [1.165, 1.54) is 18.2 Å². The summed E-state index contributed by atoms with van der Waals surface area (Å²) >= 11 is 0. The van der Waals surface area contributed by atoms with Gasteiger partial charge in [-0.1, -0.05) is 13.0 Å². The number of amides is 1. The van der Waals surface area contributed by atoms with E-state index in [0.717, 1.165) is 0 Å². The van der Waals surface area contributed by atoms with Crippen molar-refractivity contribution in [3.8, 4) is 0 Å². The van der Waals surface area contributed by atoms with Gasteiger partial charge in [0.2, 0.25) is 0 Å². The molecule has 0 fully saturated rings. The van der Waals surface area contributed by atoms with Crippen LogP contribution in [0.25, 0.3) is 0 Å². The zero-order valence-electron chi connectivity index (χ0n) is 9.96. The van der Waals surface area contributed by atoms with Gasteiger partial charge >= 0.3 is 0 Å². The zero-order valence-corrected chi connectivity index (χ0v) is 9.96. The Balaban J connectivity index is 2.74. The summed E-state index contributed by atoms with van der Waals surface area (Å²) < 4.78 is 13.1. The SMILES string of the molecule is CCC(C)(O)CNC(=O)c1cccc(F)c1N. The predicted molar refractivity (Wildman–Crippen MR) is 64.1 cm³/mol. The maximum absolute atomic E-state index is 13.1. The molecule has 4 N–H and O–H groups in total. The molecule has 0 aliphatic rings. The fourth-order valence-corrected chi connectivity index (χ4v) is 1.23. The van der Waals surface area contributed by atoms with Gasteiger partial charge in [-0.05, 0) is 25.5 Å². The lowest BCUT2D eigenvalue weighted by Gasteiger charge is -2.21. The second kappa shape index (κ2) is 5.14. The minimum atomic E-state index is -0.974. The maximum atomic E-state index is 13.1. The smallest absolute Gasteiger partial charge is 0.253 e. The number of hydrogen-bond acceptors (Lipinski definition) is 3. The number of para-hydroxylation sites is 1.